The average Bonchev–Trinajstić information content (AvgIpc) is 2.48. The normalized spacial score (nSPS) is 21.3. The molecule has 1 fully saturated rings. The Morgan fingerprint density at radius 3 is 2.67 bits per heavy atom. The van der Waals surface area contributed by atoms with Crippen LogP contribution in [-0.4, -0.2) is 35.8 Å². The van der Waals surface area contributed by atoms with E-state index in [1.54, 1.807) is 0 Å². The third-order valence-corrected chi connectivity index (χ3v) is 1.99. The van der Waals surface area contributed by atoms with E-state index < -0.39 is 6.09 Å². The summed E-state index contributed by atoms with van der Waals surface area (Å²) in [5.74, 6) is 0. The van der Waals surface area contributed by atoms with Crippen molar-refractivity contribution in [3.63, 3.8) is 0 Å². The fourth-order valence-corrected chi connectivity index (χ4v) is 1.37. The number of nitroso groups, excluding NO2 is 1. The summed E-state index contributed by atoms with van der Waals surface area (Å²) >= 11 is 0. The summed E-state index contributed by atoms with van der Waals surface area (Å²) < 4.78 is 5.13. The molecule has 15 heavy (non-hydrogen) atoms. The minimum Gasteiger partial charge on any atom is -0.444 e. The van der Waals surface area contributed by atoms with Crippen molar-refractivity contribution in [2.75, 3.05) is 13.1 Å². The number of amides is 1. The van der Waals surface area contributed by atoms with E-state index in [-0.39, 0.29) is 11.6 Å². The molecule has 0 bridgehead atoms. The van der Waals surface area contributed by atoms with Crippen LogP contribution in [0.2, 0.25) is 0 Å². The number of alkyl carbamates (subject to hydrolysis) is 1. The van der Waals surface area contributed by atoms with Crippen LogP contribution in [0.15, 0.2) is 5.29 Å². The minimum absolute atomic E-state index is 0.231. The zero-order valence-corrected chi connectivity index (χ0v) is 9.32. The van der Waals surface area contributed by atoms with Gasteiger partial charge in [-0.3, -0.25) is 5.01 Å². The van der Waals surface area contributed by atoms with Gasteiger partial charge in [0.15, 0.2) is 0 Å². The molecule has 0 aromatic heterocycles. The van der Waals surface area contributed by atoms with E-state index in [0.29, 0.717) is 19.5 Å². The number of ether oxygens (including phenoxy) is 1. The fourth-order valence-electron chi connectivity index (χ4n) is 1.37. The monoisotopic (exact) mass is 215 g/mol. The molecule has 1 aliphatic heterocycles. The van der Waals surface area contributed by atoms with Gasteiger partial charge in [-0.25, -0.2) is 4.79 Å². The highest BCUT2D eigenvalue weighted by atomic mass is 16.6. The fraction of sp³-hybridized carbons (Fsp3) is 0.889. The maximum absolute atomic E-state index is 11.3. The number of carbonyl (C=O) groups excluding carboxylic acids is 1. The summed E-state index contributed by atoms with van der Waals surface area (Å²) in [5.41, 5.74) is -0.307. The van der Waals surface area contributed by atoms with Crippen molar-refractivity contribution in [2.24, 2.45) is 5.29 Å². The van der Waals surface area contributed by atoms with Gasteiger partial charge in [-0.2, -0.15) is 0 Å². The lowest BCUT2D eigenvalue weighted by atomic mass is 10.1. The summed E-state index contributed by atoms with van der Waals surface area (Å²) in [7, 11) is 0. The molecule has 86 valence electrons. The molecule has 6 heteroatoms. The summed E-state index contributed by atoms with van der Waals surface area (Å²) in [6, 6.07) is 0. The van der Waals surface area contributed by atoms with Crippen molar-refractivity contribution < 1.29 is 9.53 Å². The molecule has 0 radical (unpaired) electrons. The number of carbonyl (C=O) groups is 1. The van der Waals surface area contributed by atoms with Gasteiger partial charge in [-0.1, -0.05) is 0 Å². The summed E-state index contributed by atoms with van der Waals surface area (Å²) in [5, 5.41) is 6.84. The number of rotatable bonds is 2. The van der Waals surface area contributed by atoms with Crippen molar-refractivity contribution in [2.45, 2.75) is 38.8 Å². The lowest BCUT2D eigenvalue weighted by molar-refractivity contribution is 0.0943. The van der Waals surface area contributed by atoms with Gasteiger partial charge >= 0.3 is 6.09 Å². The lowest BCUT2D eigenvalue weighted by Gasteiger charge is -2.21. The van der Waals surface area contributed by atoms with Crippen LogP contribution in [0.5, 0.6) is 0 Å². The molecule has 1 rings (SSSR count). The third kappa shape index (κ3) is 4.14. The number of hydrogen-bond donors (Lipinski definition) is 1. The first-order valence-corrected chi connectivity index (χ1v) is 4.98. The molecule has 0 aromatic rings. The molecule has 0 aliphatic carbocycles. The summed E-state index contributed by atoms with van der Waals surface area (Å²) in [4.78, 5) is 21.5. The van der Waals surface area contributed by atoms with Gasteiger partial charge in [-0.15, -0.1) is 4.91 Å². The van der Waals surface area contributed by atoms with Crippen molar-refractivity contribution in [3.05, 3.63) is 4.91 Å². The standard InChI is InChI=1S/C9H17N3O3/c1-9(2,3)10-8(13)15-7-4-5-12(6-7)11-14/h7H,4-6H2,1-3H3,(H,10,13)/t7-/m1/s1. The van der Waals surface area contributed by atoms with Crippen LogP contribution in [0.3, 0.4) is 0 Å². The second-order valence-corrected chi connectivity index (χ2v) is 4.69. The topological polar surface area (TPSA) is 71.0 Å². The van der Waals surface area contributed by atoms with E-state index in [2.05, 4.69) is 10.6 Å². The first kappa shape index (κ1) is 11.7. The Morgan fingerprint density at radius 1 is 1.53 bits per heavy atom. The Bertz CT molecular complexity index is 249. The van der Waals surface area contributed by atoms with Crippen LogP contribution in [0, 0.1) is 4.91 Å². The van der Waals surface area contributed by atoms with Crippen molar-refractivity contribution in [1.82, 2.24) is 10.3 Å². The molecule has 1 heterocycles. The Morgan fingerprint density at radius 2 is 2.20 bits per heavy atom. The van der Waals surface area contributed by atoms with Crippen LogP contribution in [0.1, 0.15) is 27.2 Å². The van der Waals surface area contributed by atoms with Gasteiger partial charge < -0.3 is 10.1 Å². The molecule has 1 N–H and O–H groups in total. The second kappa shape index (κ2) is 4.46. The quantitative estimate of drug-likeness (QED) is 0.704. The smallest absolute Gasteiger partial charge is 0.407 e. The molecule has 1 aliphatic rings. The van der Waals surface area contributed by atoms with Crippen molar-refractivity contribution >= 4 is 6.09 Å². The Labute approximate surface area is 88.9 Å². The summed E-state index contributed by atoms with van der Waals surface area (Å²) in [6.07, 6.45) is -0.0196. The van der Waals surface area contributed by atoms with Crippen molar-refractivity contribution in [1.29, 1.82) is 0 Å². The van der Waals surface area contributed by atoms with Crippen LogP contribution < -0.4 is 5.32 Å². The van der Waals surface area contributed by atoms with E-state index in [4.69, 9.17) is 4.74 Å². The highest BCUT2D eigenvalue weighted by molar-refractivity contribution is 5.68. The Hall–Kier alpha value is -1.33. The number of nitrogens with zero attached hydrogens (tertiary/aromatic N) is 2. The molecule has 6 nitrogen and oxygen atoms in total. The Kier molecular flexibility index (Phi) is 3.49. The van der Waals surface area contributed by atoms with Crippen LogP contribution in [-0.2, 0) is 4.74 Å². The highest BCUT2D eigenvalue weighted by Gasteiger charge is 2.26. The zero-order valence-electron chi connectivity index (χ0n) is 9.32. The molecule has 0 unspecified atom stereocenters. The van der Waals surface area contributed by atoms with E-state index in [0.717, 1.165) is 0 Å². The van der Waals surface area contributed by atoms with Gasteiger partial charge in [0.05, 0.1) is 11.8 Å². The molecule has 1 amide bonds. The zero-order chi connectivity index (χ0) is 11.5. The molecule has 1 saturated heterocycles. The average molecular weight is 215 g/mol. The van der Waals surface area contributed by atoms with Crippen LogP contribution in [0.25, 0.3) is 0 Å². The lowest BCUT2D eigenvalue weighted by Crippen LogP contribution is -2.42. The van der Waals surface area contributed by atoms with E-state index in [9.17, 15) is 9.70 Å². The molecule has 1 atom stereocenters. The van der Waals surface area contributed by atoms with Gasteiger partial charge in [0, 0.05) is 18.5 Å². The first-order valence-electron chi connectivity index (χ1n) is 4.98. The largest absolute Gasteiger partial charge is 0.444 e. The van der Waals surface area contributed by atoms with E-state index >= 15 is 0 Å². The molecule has 0 aromatic carbocycles. The molecular weight excluding hydrogens is 198 g/mol. The highest BCUT2D eigenvalue weighted by Crippen LogP contribution is 2.13. The van der Waals surface area contributed by atoms with Crippen LogP contribution >= 0.6 is 0 Å². The predicted octanol–water partition coefficient (Wildman–Crippen LogP) is 1.27. The van der Waals surface area contributed by atoms with Gasteiger partial charge in [0.1, 0.15) is 6.10 Å². The minimum atomic E-state index is -0.444. The molecule has 0 spiro atoms. The molecular formula is C9H17N3O3. The number of nitrogens with one attached hydrogen (secondary N) is 1. The van der Waals surface area contributed by atoms with Gasteiger partial charge in [0.25, 0.3) is 0 Å². The third-order valence-electron chi connectivity index (χ3n) is 1.99. The van der Waals surface area contributed by atoms with E-state index in [1.807, 2.05) is 20.8 Å². The second-order valence-electron chi connectivity index (χ2n) is 4.69. The van der Waals surface area contributed by atoms with Crippen molar-refractivity contribution in [3.8, 4) is 0 Å². The van der Waals surface area contributed by atoms with Crippen LogP contribution in [0.4, 0.5) is 4.79 Å². The van der Waals surface area contributed by atoms with E-state index in [1.165, 1.54) is 5.01 Å². The maximum Gasteiger partial charge on any atom is 0.407 e. The SMILES string of the molecule is CC(C)(C)NC(=O)O[C@@H]1CCN(N=O)C1. The number of hydrogen-bond acceptors (Lipinski definition) is 4. The molecule has 0 saturated carbocycles. The van der Waals surface area contributed by atoms with Gasteiger partial charge in [0.2, 0.25) is 0 Å². The van der Waals surface area contributed by atoms with Gasteiger partial charge in [-0.05, 0) is 20.8 Å². The predicted molar refractivity (Wildman–Crippen MR) is 55.1 cm³/mol. The first-order chi connectivity index (χ1) is 6.90. The Balaban J connectivity index is 2.31. The maximum atomic E-state index is 11.3. The summed E-state index contributed by atoms with van der Waals surface area (Å²) in [6.45, 7) is 6.57.